The quantitative estimate of drug-likeness (QED) is 0.502. The first kappa shape index (κ1) is 11.2. The van der Waals surface area contributed by atoms with Crippen LogP contribution < -0.4 is 0 Å². The number of hydrogen-bond donors (Lipinski definition) is 0. The lowest BCUT2D eigenvalue weighted by Gasteiger charge is -2.19. The van der Waals surface area contributed by atoms with Crippen molar-refractivity contribution >= 4 is 12.3 Å². The smallest absolute Gasteiger partial charge is 0.310 e. The summed E-state index contributed by atoms with van der Waals surface area (Å²) in [5, 5.41) is 0. The van der Waals surface area contributed by atoms with E-state index < -0.39 is 5.60 Å². The number of carbonyl (C=O) groups is 2. The van der Waals surface area contributed by atoms with Crippen LogP contribution in [0.5, 0.6) is 0 Å². The van der Waals surface area contributed by atoms with Crippen LogP contribution in [0.25, 0.3) is 0 Å². The fourth-order valence-electron chi connectivity index (χ4n) is 1.75. The summed E-state index contributed by atoms with van der Waals surface area (Å²) in [5.74, 6) is -0.670. The van der Waals surface area contributed by atoms with E-state index in [1.807, 2.05) is 34.6 Å². The fraction of sp³-hybridized carbons (Fsp3) is 0.818. The van der Waals surface area contributed by atoms with Gasteiger partial charge < -0.3 is 9.53 Å². The summed E-state index contributed by atoms with van der Waals surface area (Å²) in [5.41, 5.74) is -0.687. The van der Waals surface area contributed by atoms with Crippen molar-refractivity contribution in [2.75, 3.05) is 0 Å². The maximum atomic E-state index is 11.6. The summed E-state index contributed by atoms with van der Waals surface area (Å²) in [4.78, 5) is 22.3. The van der Waals surface area contributed by atoms with Gasteiger partial charge in [0.1, 0.15) is 11.9 Å². The summed E-state index contributed by atoms with van der Waals surface area (Å²) < 4.78 is 5.23. The third-order valence-corrected chi connectivity index (χ3v) is 2.72. The molecule has 0 heterocycles. The Morgan fingerprint density at radius 3 is 2.14 bits per heavy atom. The standard InChI is InChI=1S/C11H18O3/c1-10(2,3)14-9(13)8-7(6-12)11(8,4)5/h6-8H,1-5H3/t7-,8-/m1/s1. The number of ether oxygens (including phenoxy) is 1. The molecule has 0 spiro atoms. The molecule has 0 radical (unpaired) electrons. The van der Waals surface area contributed by atoms with E-state index in [1.54, 1.807) is 0 Å². The molecule has 0 aromatic heterocycles. The average Bonchev–Trinajstić information content (AvgIpc) is 2.48. The monoisotopic (exact) mass is 198 g/mol. The van der Waals surface area contributed by atoms with E-state index in [9.17, 15) is 9.59 Å². The van der Waals surface area contributed by atoms with E-state index in [2.05, 4.69) is 0 Å². The zero-order chi connectivity index (χ0) is 11.1. The number of aldehydes is 1. The van der Waals surface area contributed by atoms with Gasteiger partial charge in [-0.2, -0.15) is 0 Å². The minimum absolute atomic E-state index is 0.169. The van der Waals surface area contributed by atoms with Gasteiger partial charge in [-0.3, -0.25) is 4.79 Å². The molecular weight excluding hydrogens is 180 g/mol. The Hall–Kier alpha value is -0.860. The second-order valence-corrected chi connectivity index (χ2v) is 5.49. The molecule has 1 saturated carbocycles. The van der Waals surface area contributed by atoms with Crippen molar-refractivity contribution in [2.45, 2.75) is 40.2 Å². The molecule has 80 valence electrons. The molecule has 2 atom stereocenters. The Bertz CT molecular complexity index is 260. The molecule has 0 saturated heterocycles. The second kappa shape index (κ2) is 3.07. The molecule has 0 amide bonds. The fourth-order valence-corrected chi connectivity index (χ4v) is 1.75. The summed E-state index contributed by atoms with van der Waals surface area (Å²) in [6, 6.07) is 0. The normalized spacial score (nSPS) is 29.5. The Morgan fingerprint density at radius 1 is 1.36 bits per heavy atom. The van der Waals surface area contributed by atoms with Crippen molar-refractivity contribution in [3.63, 3.8) is 0 Å². The highest BCUT2D eigenvalue weighted by atomic mass is 16.6. The topological polar surface area (TPSA) is 43.4 Å². The average molecular weight is 198 g/mol. The van der Waals surface area contributed by atoms with Gasteiger partial charge in [-0.25, -0.2) is 0 Å². The Labute approximate surface area is 84.8 Å². The summed E-state index contributed by atoms with van der Waals surface area (Å²) in [6.07, 6.45) is 0.856. The maximum absolute atomic E-state index is 11.6. The van der Waals surface area contributed by atoms with E-state index in [0.29, 0.717) is 0 Å². The third kappa shape index (κ3) is 1.97. The molecule has 0 N–H and O–H groups in total. The number of esters is 1. The van der Waals surface area contributed by atoms with Gasteiger partial charge in [0, 0.05) is 5.92 Å². The molecule has 1 aliphatic rings. The molecule has 0 unspecified atom stereocenters. The molecule has 3 heteroatoms. The predicted octanol–water partition coefficient (Wildman–Crippen LogP) is 1.80. The SMILES string of the molecule is CC(C)(C)OC(=O)[C@H]1[C@@H](C=O)C1(C)C. The van der Waals surface area contributed by atoms with E-state index in [0.717, 1.165) is 6.29 Å². The predicted molar refractivity (Wildman–Crippen MR) is 52.7 cm³/mol. The summed E-state index contributed by atoms with van der Waals surface area (Å²) in [6.45, 7) is 9.32. The maximum Gasteiger partial charge on any atom is 0.310 e. The summed E-state index contributed by atoms with van der Waals surface area (Å²) >= 11 is 0. The van der Waals surface area contributed by atoms with Crippen LogP contribution in [0.3, 0.4) is 0 Å². The van der Waals surface area contributed by atoms with Gasteiger partial charge in [0.15, 0.2) is 0 Å². The Balaban J connectivity index is 2.62. The van der Waals surface area contributed by atoms with Crippen LogP contribution in [0.15, 0.2) is 0 Å². The third-order valence-electron chi connectivity index (χ3n) is 2.72. The molecular formula is C11H18O3. The van der Waals surface area contributed by atoms with Gasteiger partial charge >= 0.3 is 5.97 Å². The van der Waals surface area contributed by atoms with Gasteiger partial charge in [0.05, 0.1) is 5.92 Å². The largest absolute Gasteiger partial charge is 0.460 e. The Kier molecular flexibility index (Phi) is 2.46. The van der Waals surface area contributed by atoms with Crippen molar-refractivity contribution in [1.29, 1.82) is 0 Å². The zero-order valence-electron chi connectivity index (χ0n) is 9.46. The van der Waals surface area contributed by atoms with Crippen molar-refractivity contribution < 1.29 is 14.3 Å². The lowest BCUT2D eigenvalue weighted by atomic mass is 10.1. The Morgan fingerprint density at radius 2 is 1.86 bits per heavy atom. The molecule has 1 fully saturated rings. The zero-order valence-corrected chi connectivity index (χ0v) is 9.46. The molecule has 3 nitrogen and oxygen atoms in total. The second-order valence-electron chi connectivity index (χ2n) is 5.49. The molecule has 0 bridgehead atoms. The number of hydrogen-bond acceptors (Lipinski definition) is 3. The van der Waals surface area contributed by atoms with E-state index in [-0.39, 0.29) is 23.2 Å². The van der Waals surface area contributed by atoms with Crippen LogP contribution in [0, 0.1) is 17.3 Å². The first-order chi connectivity index (χ1) is 6.20. The van der Waals surface area contributed by atoms with Crippen LogP contribution in [0.1, 0.15) is 34.6 Å². The van der Waals surface area contributed by atoms with Crippen molar-refractivity contribution in [1.82, 2.24) is 0 Å². The van der Waals surface area contributed by atoms with Crippen LogP contribution >= 0.6 is 0 Å². The van der Waals surface area contributed by atoms with Crippen LogP contribution in [0.2, 0.25) is 0 Å². The van der Waals surface area contributed by atoms with E-state index in [4.69, 9.17) is 4.74 Å². The highest BCUT2D eigenvalue weighted by Crippen LogP contribution is 2.57. The molecule has 1 rings (SSSR count). The van der Waals surface area contributed by atoms with Crippen LogP contribution in [-0.4, -0.2) is 17.9 Å². The lowest BCUT2D eigenvalue weighted by molar-refractivity contribution is -0.157. The highest BCUT2D eigenvalue weighted by Gasteiger charge is 2.63. The molecule has 1 aliphatic carbocycles. The van der Waals surface area contributed by atoms with Gasteiger partial charge in [-0.05, 0) is 26.2 Å². The highest BCUT2D eigenvalue weighted by molar-refractivity contribution is 5.84. The summed E-state index contributed by atoms with van der Waals surface area (Å²) in [7, 11) is 0. The van der Waals surface area contributed by atoms with Gasteiger partial charge in [0.25, 0.3) is 0 Å². The van der Waals surface area contributed by atoms with Gasteiger partial charge in [0.2, 0.25) is 0 Å². The van der Waals surface area contributed by atoms with Gasteiger partial charge in [-0.1, -0.05) is 13.8 Å². The molecule has 0 aromatic rings. The van der Waals surface area contributed by atoms with E-state index >= 15 is 0 Å². The minimum Gasteiger partial charge on any atom is -0.460 e. The van der Waals surface area contributed by atoms with Gasteiger partial charge in [-0.15, -0.1) is 0 Å². The molecule has 0 aromatic carbocycles. The lowest BCUT2D eigenvalue weighted by Crippen LogP contribution is -2.26. The van der Waals surface area contributed by atoms with E-state index in [1.165, 1.54) is 0 Å². The van der Waals surface area contributed by atoms with Crippen molar-refractivity contribution in [3.05, 3.63) is 0 Å². The van der Waals surface area contributed by atoms with Crippen molar-refractivity contribution in [2.24, 2.45) is 17.3 Å². The number of rotatable bonds is 2. The minimum atomic E-state index is -0.469. The van der Waals surface area contributed by atoms with Crippen molar-refractivity contribution in [3.8, 4) is 0 Å². The molecule has 0 aliphatic heterocycles. The van der Waals surface area contributed by atoms with Crippen LogP contribution in [0.4, 0.5) is 0 Å². The molecule has 14 heavy (non-hydrogen) atoms. The van der Waals surface area contributed by atoms with Crippen LogP contribution in [-0.2, 0) is 14.3 Å². The first-order valence-corrected chi connectivity index (χ1v) is 4.88. The number of carbonyl (C=O) groups excluding carboxylic acids is 2. The first-order valence-electron chi connectivity index (χ1n) is 4.88.